The molecule has 1 aromatic carbocycles. The van der Waals surface area contributed by atoms with Gasteiger partial charge in [-0.1, -0.05) is 6.92 Å². The Morgan fingerprint density at radius 1 is 1.48 bits per heavy atom. The normalized spacial score (nSPS) is 19.9. The number of carbonyl (C=O) groups is 1. The van der Waals surface area contributed by atoms with E-state index in [1.807, 2.05) is 6.07 Å². The standard InChI is InChI=1S/C14H17N3O3S/c1-3-13-14(18)16-6-7-17(13)21(19,20)12-5-4-11(9-15)10(2)8-12/h4-5,8,13H,3,6-7H2,1-2H3,(H,16,18). The number of hydrogen-bond acceptors (Lipinski definition) is 4. The number of benzene rings is 1. The molecular formula is C14H17N3O3S. The Labute approximate surface area is 124 Å². The van der Waals surface area contributed by atoms with Crippen LogP contribution in [-0.2, 0) is 14.8 Å². The molecule has 21 heavy (non-hydrogen) atoms. The van der Waals surface area contributed by atoms with Crippen LogP contribution in [0.1, 0.15) is 24.5 Å². The first-order valence-corrected chi connectivity index (χ1v) is 8.16. The van der Waals surface area contributed by atoms with Gasteiger partial charge in [-0.25, -0.2) is 8.42 Å². The van der Waals surface area contributed by atoms with Crippen LogP contribution < -0.4 is 5.32 Å². The van der Waals surface area contributed by atoms with Crippen molar-refractivity contribution in [3.8, 4) is 6.07 Å². The molecule has 112 valence electrons. The van der Waals surface area contributed by atoms with Gasteiger partial charge in [-0.3, -0.25) is 4.79 Å². The molecular weight excluding hydrogens is 290 g/mol. The van der Waals surface area contributed by atoms with Gasteiger partial charge in [-0.2, -0.15) is 9.57 Å². The fourth-order valence-corrected chi connectivity index (χ4v) is 4.18. The SMILES string of the molecule is CCC1C(=O)NCCN1S(=O)(=O)c1ccc(C#N)c(C)c1. The van der Waals surface area contributed by atoms with Crippen LogP contribution in [0.15, 0.2) is 23.1 Å². The highest BCUT2D eigenvalue weighted by Gasteiger charge is 2.37. The van der Waals surface area contributed by atoms with Crippen molar-refractivity contribution in [3.63, 3.8) is 0 Å². The molecule has 2 rings (SSSR count). The van der Waals surface area contributed by atoms with Crippen LogP contribution in [0.25, 0.3) is 0 Å². The molecule has 1 N–H and O–H groups in total. The van der Waals surface area contributed by atoms with Crippen molar-refractivity contribution in [1.82, 2.24) is 9.62 Å². The van der Waals surface area contributed by atoms with E-state index in [1.54, 1.807) is 13.8 Å². The molecule has 1 atom stereocenters. The second-order valence-corrected chi connectivity index (χ2v) is 6.81. The number of amides is 1. The third-order valence-electron chi connectivity index (χ3n) is 3.59. The van der Waals surface area contributed by atoms with Gasteiger partial charge in [0, 0.05) is 13.1 Å². The summed E-state index contributed by atoms with van der Waals surface area (Å²) in [4.78, 5) is 11.9. The summed E-state index contributed by atoms with van der Waals surface area (Å²) in [6.07, 6.45) is 0.417. The number of hydrogen-bond donors (Lipinski definition) is 1. The monoisotopic (exact) mass is 307 g/mol. The van der Waals surface area contributed by atoms with Crippen LogP contribution in [-0.4, -0.2) is 37.8 Å². The lowest BCUT2D eigenvalue weighted by atomic mass is 10.1. The molecule has 1 saturated heterocycles. The number of nitriles is 1. The Morgan fingerprint density at radius 3 is 2.76 bits per heavy atom. The van der Waals surface area contributed by atoms with Crippen molar-refractivity contribution in [2.24, 2.45) is 0 Å². The van der Waals surface area contributed by atoms with Crippen LogP contribution >= 0.6 is 0 Å². The third-order valence-corrected chi connectivity index (χ3v) is 5.50. The highest BCUT2D eigenvalue weighted by atomic mass is 32.2. The second-order valence-electron chi connectivity index (χ2n) is 4.92. The molecule has 0 radical (unpaired) electrons. The van der Waals surface area contributed by atoms with E-state index >= 15 is 0 Å². The van der Waals surface area contributed by atoms with Gasteiger partial charge < -0.3 is 5.32 Å². The summed E-state index contributed by atoms with van der Waals surface area (Å²) in [5, 5.41) is 11.6. The Balaban J connectivity index is 2.44. The van der Waals surface area contributed by atoms with Crippen molar-refractivity contribution in [3.05, 3.63) is 29.3 Å². The minimum Gasteiger partial charge on any atom is -0.353 e. The summed E-state index contributed by atoms with van der Waals surface area (Å²) in [5.41, 5.74) is 1.05. The Bertz CT molecular complexity index is 707. The molecule has 6 nitrogen and oxygen atoms in total. The van der Waals surface area contributed by atoms with E-state index in [-0.39, 0.29) is 17.3 Å². The summed E-state index contributed by atoms with van der Waals surface area (Å²) in [6, 6.07) is 5.72. The quantitative estimate of drug-likeness (QED) is 0.893. The summed E-state index contributed by atoms with van der Waals surface area (Å²) in [5.74, 6) is -0.266. The first-order valence-electron chi connectivity index (χ1n) is 6.72. The molecule has 1 aromatic rings. The number of piperazine rings is 1. The maximum absolute atomic E-state index is 12.7. The lowest BCUT2D eigenvalue weighted by Gasteiger charge is -2.33. The third kappa shape index (κ3) is 2.77. The smallest absolute Gasteiger partial charge is 0.243 e. The molecule has 1 aliphatic heterocycles. The predicted molar refractivity (Wildman–Crippen MR) is 76.9 cm³/mol. The van der Waals surface area contributed by atoms with Gasteiger partial charge in [0.05, 0.1) is 16.5 Å². The van der Waals surface area contributed by atoms with Gasteiger partial charge in [0.1, 0.15) is 6.04 Å². The zero-order valence-corrected chi connectivity index (χ0v) is 12.8. The van der Waals surface area contributed by atoms with Gasteiger partial charge in [0.25, 0.3) is 0 Å². The number of sulfonamides is 1. The number of nitrogens with zero attached hydrogens (tertiary/aromatic N) is 2. The molecule has 0 aliphatic carbocycles. The number of nitrogens with one attached hydrogen (secondary N) is 1. The van der Waals surface area contributed by atoms with Crippen LogP contribution in [0.5, 0.6) is 0 Å². The highest BCUT2D eigenvalue weighted by Crippen LogP contribution is 2.23. The minimum absolute atomic E-state index is 0.118. The van der Waals surface area contributed by atoms with Crippen LogP contribution in [0, 0.1) is 18.3 Å². The maximum atomic E-state index is 12.7. The minimum atomic E-state index is -3.74. The van der Waals surface area contributed by atoms with E-state index in [2.05, 4.69) is 5.32 Å². The number of rotatable bonds is 3. The molecule has 1 heterocycles. The number of carbonyl (C=O) groups excluding carboxylic acids is 1. The second kappa shape index (κ2) is 5.84. The van der Waals surface area contributed by atoms with E-state index < -0.39 is 16.1 Å². The van der Waals surface area contributed by atoms with Crippen molar-refractivity contribution in [2.75, 3.05) is 13.1 Å². The van der Waals surface area contributed by atoms with Gasteiger partial charge >= 0.3 is 0 Å². The zero-order valence-electron chi connectivity index (χ0n) is 12.0. The molecule has 0 saturated carbocycles. The molecule has 7 heteroatoms. The van der Waals surface area contributed by atoms with E-state index in [1.165, 1.54) is 22.5 Å². The molecule has 1 unspecified atom stereocenters. The lowest BCUT2D eigenvalue weighted by molar-refractivity contribution is -0.126. The van der Waals surface area contributed by atoms with Crippen molar-refractivity contribution >= 4 is 15.9 Å². The molecule has 1 amide bonds. The zero-order chi connectivity index (χ0) is 15.6. The van der Waals surface area contributed by atoms with Crippen LogP contribution in [0.4, 0.5) is 0 Å². The Hall–Kier alpha value is -1.91. The topological polar surface area (TPSA) is 90.3 Å². The molecule has 0 aromatic heterocycles. The highest BCUT2D eigenvalue weighted by molar-refractivity contribution is 7.89. The lowest BCUT2D eigenvalue weighted by Crippen LogP contribution is -2.56. The largest absolute Gasteiger partial charge is 0.353 e. The van der Waals surface area contributed by atoms with Gasteiger partial charge in [-0.05, 0) is 37.1 Å². The van der Waals surface area contributed by atoms with Crippen molar-refractivity contribution in [2.45, 2.75) is 31.2 Å². The Morgan fingerprint density at radius 2 is 2.19 bits per heavy atom. The van der Waals surface area contributed by atoms with E-state index in [0.717, 1.165) is 0 Å². The Kier molecular flexibility index (Phi) is 4.30. The summed E-state index contributed by atoms with van der Waals surface area (Å²) in [7, 11) is -3.74. The maximum Gasteiger partial charge on any atom is 0.243 e. The van der Waals surface area contributed by atoms with Crippen molar-refractivity contribution < 1.29 is 13.2 Å². The van der Waals surface area contributed by atoms with Gasteiger partial charge in [-0.15, -0.1) is 0 Å². The molecule has 1 fully saturated rings. The van der Waals surface area contributed by atoms with Gasteiger partial charge in [0.2, 0.25) is 15.9 Å². The average molecular weight is 307 g/mol. The van der Waals surface area contributed by atoms with Crippen molar-refractivity contribution in [1.29, 1.82) is 5.26 Å². The van der Waals surface area contributed by atoms with Crippen LogP contribution in [0.2, 0.25) is 0 Å². The number of aryl methyl sites for hydroxylation is 1. The molecule has 0 bridgehead atoms. The van der Waals surface area contributed by atoms with E-state index in [0.29, 0.717) is 24.1 Å². The van der Waals surface area contributed by atoms with E-state index in [4.69, 9.17) is 5.26 Å². The summed E-state index contributed by atoms with van der Waals surface area (Å²) in [6.45, 7) is 4.04. The molecule has 1 aliphatic rings. The predicted octanol–water partition coefficient (Wildman–Crippen LogP) is 0.766. The first kappa shape index (κ1) is 15.5. The fraction of sp³-hybridized carbons (Fsp3) is 0.429. The van der Waals surface area contributed by atoms with Gasteiger partial charge in [0.15, 0.2) is 0 Å². The molecule has 0 spiro atoms. The first-order chi connectivity index (χ1) is 9.91. The summed E-state index contributed by atoms with van der Waals surface area (Å²) >= 11 is 0. The average Bonchev–Trinajstić information content (AvgIpc) is 2.46. The summed E-state index contributed by atoms with van der Waals surface area (Å²) < 4.78 is 26.7. The van der Waals surface area contributed by atoms with Crippen LogP contribution in [0.3, 0.4) is 0 Å². The van der Waals surface area contributed by atoms with E-state index in [9.17, 15) is 13.2 Å². The fourth-order valence-electron chi connectivity index (χ4n) is 2.43.